The molecule has 0 aliphatic heterocycles. The zero-order valence-electron chi connectivity index (χ0n) is 21.4. The van der Waals surface area contributed by atoms with Gasteiger partial charge in [-0.1, -0.05) is 65.2 Å². The summed E-state index contributed by atoms with van der Waals surface area (Å²) in [5.41, 5.74) is 3.47. The van der Waals surface area contributed by atoms with E-state index < -0.39 is 5.97 Å². The Labute approximate surface area is 203 Å². The molecule has 2 N–H and O–H groups in total. The van der Waals surface area contributed by atoms with E-state index >= 15 is 0 Å². The van der Waals surface area contributed by atoms with Crippen molar-refractivity contribution in [1.29, 1.82) is 0 Å². The second kappa shape index (κ2) is 12.6. The van der Waals surface area contributed by atoms with E-state index in [-0.39, 0.29) is 30.3 Å². The summed E-state index contributed by atoms with van der Waals surface area (Å²) in [6.07, 6.45) is 4.32. The third kappa shape index (κ3) is 7.32. The number of hydrogen-bond donors (Lipinski definition) is 2. The first kappa shape index (κ1) is 27.4. The summed E-state index contributed by atoms with van der Waals surface area (Å²) in [6.45, 7) is 8.29. The monoisotopic (exact) mass is 469 g/mol. The van der Waals surface area contributed by atoms with Gasteiger partial charge in [0.1, 0.15) is 5.75 Å². The SMILES string of the molecule is CCCCCC(CC(=O)Nc1cc(C(=O)OC)ccc1C(C)(C)C)c1ccc(CO)cc1OC. The molecule has 1 atom stereocenters. The van der Waals surface area contributed by atoms with Crippen LogP contribution in [-0.2, 0) is 21.6 Å². The van der Waals surface area contributed by atoms with Gasteiger partial charge in [-0.25, -0.2) is 4.79 Å². The van der Waals surface area contributed by atoms with Crippen molar-refractivity contribution in [1.82, 2.24) is 0 Å². The fraction of sp³-hybridized carbons (Fsp3) is 0.500. The maximum absolute atomic E-state index is 13.3. The lowest BCUT2D eigenvalue weighted by atomic mass is 9.85. The maximum atomic E-state index is 13.3. The number of benzene rings is 2. The summed E-state index contributed by atoms with van der Waals surface area (Å²) in [4.78, 5) is 25.4. The number of amides is 1. The average molecular weight is 470 g/mol. The van der Waals surface area contributed by atoms with Gasteiger partial charge in [-0.05, 0) is 52.6 Å². The number of aliphatic hydroxyl groups excluding tert-OH is 1. The summed E-state index contributed by atoms with van der Waals surface area (Å²) in [6, 6.07) is 10.9. The van der Waals surface area contributed by atoms with Crippen molar-refractivity contribution in [3.63, 3.8) is 0 Å². The summed E-state index contributed by atoms with van der Waals surface area (Å²) >= 11 is 0. The number of nitrogens with one attached hydrogen (secondary N) is 1. The fourth-order valence-corrected chi connectivity index (χ4v) is 4.17. The van der Waals surface area contributed by atoms with Crippen LogP contribution in [0, 0.1) is 0 Å². The molecule has 2 aromatic rings. The summed E-state index contributed by atoms with van der Waals surface area (Å²) < 4.78 is 10.5. The topological polar surface area (TPSA) is 84.9 Å². The molecule has 186 valence electrons. The minimum absolute atomic E-state index is 0.0314. The van der Waals surface area contributed by atoms with Crippen LogP contribution in [0.4, 0.5) is 5.69 Å². The van der Waals surface area contributed by atoms with Gasteiger partial charge in [0.2, 0.25) is 5.91 Å². The van der Waals surface area contributed by atoms with Crippen molar-refractivity contribution in [3.8, 4) is 5.75 Å². The summed E-state index contributed by atoms with van der Waals surface area (Å²) in [5.74, 6) is 0.0875. The molecule has 0 fully saturated rings. The fourth-order valence-electron chi connectivity index (χ4n) is 4.17. The third-order valence-electron chi connectivity index (χ3n) is 6.03. The quantitative estimate of drug-likeness (QED) is 0.313. The van der Waals surface area contributed by atoms with Crippen LogP contribution in [0.2, 0.25) is 0 Å². The first-order valence-corrected chi connectivity index (χ1v) is 11.9. The highest BCUT2D eigenvalue weighted by Crippen LogP contribution is 2.35. The molecule has 0 spiro atoms. The van der Waals surface area contributed by atoms with E-state index in [1.165, 1.54) is 7.11 Å². The second-order valence-electron chi connectivity index (χ2n) is 9.68. The van der Waals surface area contributed by atoms with Crippen LogP contribution in [0.25, 0.3) is 0 Å². The zero-order valence-corrected chi connectivity index (χ0v) is 21.4. The molecule has 2 aromatic carbocycles. The Bertz CT molecular complexity index is 977. The molecule has 6 nitrogen and oxygen atoms in total. The standard InChI is InChI=1S/C28H39NO5/c1-7-8-9-10-20(22-13-11-19(18-30)15-25(22)33-5)17-26(31)29-24-16-21(27(32)34-6)12-14-23(24)28(2,3)4/h11-16,20,30H,7-10,17-18H2,1-6H3,(H,29,31). The van der Waals surface area contributed by atoms with Crippen LogP contribution in [0.3, 0.4) is 0 Å². The van der Waals surface area contributed by atoms with E-state index in [9.17, 15) is 14.7 Å². The lowest BCUT2D eigenvalue weighted by Gasteiger charge is -2.25. The van der Waals surface area contributed by atoms with Crippen LogP contribution in [0.1, 0.15) is 92.8 Å². The van der Waals surface area contributed by atoms with Crippen molar-refractivity contribution in [3.05, 3.63) is 58.7 Å². The number of carbonyl (C=O) groups is 2. The largest absolute Gasteiger partial charge is 0.496 e. The minimum atomic E-state index is -0.442. The van der Waals surface area contributed by atoms with Crippen LogP contribution < -0.4 is 10.1 Å². The molecule has 0 aliphatic rings. The molecule has 34 heavy (non-hydrogen) atoms. The molecule has 1 amide bonds. The van der Waals surface area contributed by atoms with Gasteiger partial charge in [-0.2, -0.15) is 0 Å². The molecular formula is C28H39NO5. The molecule has 0 bridgehead atoms. The molecule has 0 aromatic heterocycles. The molecular weight excluding hydrogens is 430 g/mol. The van der Waals surface area contributed by atoms with Crippen LogP contribution in [0.5, 0.6) is 5.75 Å². The second-order valence-corrected chi connectivity index (χ2v) is 9.68. The van der Waals surface area contributed by atoms with Crippen molar-refractivity contribution >= 4 is 17.6 Å². The summed E-state index contributed by atoms with van der Waals surface area (Å²) in [5, 5.41) is 12.5. The van der Waals surface area contributed by atoms with Crippen molar-refractivity contribution in [2.45, 2.75) is 77.7 Å². The molecule has 0 radical (unpaired) electrons. The first-order valence-electron chi connectivity index (χ1n) is 11.9. The normalized spacial score (nSPS) is 12.2. The highest BCUT2D eigenvalue weighted by molar-refractivity contribution is 5.96. The number of carbonyl (C=O) groups excluding carboxylic acids is 2. The predicted molar refractivity (Wildman–Crippen MR) is 136 cm³/mol. The van der Waals surface area contributed by atoms with Gasteiger partial charge >= 0.3 is 5.97 Å². The van der Waals surface area contributed by atoms with Gasteiger partial charge in [-0.3, -0.25) is 4.79 Å². The van der Waals surface area contributed by atoms with E-state index in [2.05, 4.69) is 33.0 Å². The zero-order chi connectivity index (χ0) is 25.3. The van der Waals surface area contributed by atoms with Gasteiger partial charge in [0, 0.05) is 12.1 Å². The van der Waals surface area contributed by atoms with Gasteiger partial charge in [0.05, 0.1) is 26.4 Å². The number of hydrogen-bond acceptors (Lipinski definition) is 5. The molecule has 0 saturated heterocycles. The number of methoxy groups -OCH3 is 2. The lowest BCUT2D eigenvalue weighted by Crippen LogP contribution is -2.21. The Kier molecular flexibility index (Phi) is 10.1. The third-order valence-corrected chi connectivity index (χ3v) is 6.03. The number of esters is 1. The van der Waals surface area contributed by atoms with E-state index in [0.717, 1.165) is 42.4 Å². The summed E-state index contributed by atoms with van der Waals surface area (Å²) in [7, 11) is 2.95. The van der Waals surface area contributed by atoms with E-state index in [1.807, 2.05) is 24.3 Å². The maximum Gasteiger partial charge on any atom is 0.337 e. The minimum Gasteiger partial charge on any atom is -0.496 e. The van der Waals surface area contributed by atoms with E-state index in [4.69, 9.17) is 9.47 Å². The van der Waals surface area contributed by atoms with Crippen molar-refractivity contribution in [2.24, 2.45) is 0 Å². The molecule has 0 saturated carbocycles. The number of aliphatic hydroxyl groups is 1. The Morgan fingerprint density at radius 1 is 1.06 bits per heavy atom. The van der Waals surface area contributed by atoms with Crippen molar-refractivity contribution in [2.75, 3.05) is 19.5 Å². The van der Waals surface area contributed by atoms with E-state index in [0.29, 0.717) is 17.0 Å². The average Bonchev–Trinajstić information content (AvgIpc) is 2.81. The number of rotatable bonds is 11. The Morgan fingerprint density at radius 3 is 2.38 bits per heavy atom. The Hall–Kier alpha value is -2.86. The highest BCUT2D eigenvalue weighted by atomic mass is 16.5. The van der Waals surface area contributed by atoms with Crippen molar-refractivity contribution < 1.29 is 24.2 Å². The molecule has 0 aliphatic carbocycles. The number of unbranched alkanes of at least 4 members (excludes halogenated alkanes) is 2. The van der Waals surface area contributed by atoms with Crippen LogP contribution in [0.15, 0.2) is 36.4 Å². The highest BCUT2D eigenvalue weighted by Gasteiger charge is 2.24. The van der Waals surface area contributed by atoms with Crippen LogP contribution in [-0.4, -0.2) is 31.2 Å². The Balaban J connectivity index is 2.35. The Morgan fingerprint density at radius 2 is 1.79 bits per heavy atom. The molecule has 0 heterocycles. The molecule has 1 unspecified atom stereocenters. The van der Waals surface area contributed by atoms with Crippen LogP contribution >= 0.6 is 0 Å². The van der Waals surface area contributed by atoms with E-state index in [1.54, 1.807) is 19.2 Å². The lowest BCUT2D eigenvalue weighted by molar-refractivity contribution is -0.116. The smallest absolute Gasteiger partial charge is 0.337 e. The number of ether oxygens (including phenoxy) is 2. The predicted octanol–water partition coefficient (Wildman–Crippen LogP) is 5.96. The van der Waals surface area contributed by atoms with Gasteiger partial charge in [0.25, 0.3) is 0 Å². The molecule has 6 heteroatoms. The molecule has 2 rings (SSSR count). The first-order chi connectivity index (χ1) is 16.1. The number of anilines is 1. The van der Waals surface area contributed by atoms with Gasteiger partial charge in [0.15, 0.2) is 0 Å². The van der Waals surface area contributed by atoms with Gasteiger partial charge < -0.3 is 19.9 Å². The van der Waals surface area contributed by atoms with Gasteiger partial charge in [-0.15, -0.1) is 0 Å².